The van der Waals surface area contributed by atoms with E-state index in [1.54, 1.807) is 4.90 Å². The number of sulfonamides is 1. The molecule has 1 heterocycles. The van der Waals surface area contributed by atoms with E-state index in [0.29, 0.717) is 18.8 Å². The van der Waals surface area contributed by atoms with Gasteiger partial charge in [-0.05, 0) is 55.7 Å². The van der Waals surface area contributed by atoms with Crippen molar-refractivity contribution >= 4 is 27.4 Å². The van der Waals surface area contributed by atoms with E-state index < -0.39 is 27.3 Å². The van der Waals surface area contributed by atoms with Crippen molar-refractivity contribution in [3.63, 3.8) is 0 Å². The number of para-hydroxylation sites is 1. The Kier molecular flexibility index (Phi) is 5.59. The predicted octanol–water partition coefficient (Wildman–Crippen LogP) is 3.78. The molecule has 0 spiro atoms. The van der Waals surface area contributed by atoms with Gasteiger partial charge in [0.15, 0.2) is 0 Å². The Bertz CT molecular complexity index is 907. The van der Waals surface area contributed by atoms with E-state index in [1.165, 1.54) is 24.3 Å². The molecule has 2 amide bonds. The van der Waals surface area contributed by atoms with Gasteiger partial charge in [-0.15, -0.1) is 0 Å². The molecule has 2 N–H and O–H groups in total. The van der Waals surface area contributed by atoms with Crippen molar-refractivity contribution < 1.29 is 22.0 Å². The van der Waals surface area contributed by atoms with Gasteiger partial charge in [0.05, 0.1) is 4.90 Å². The van der Waals surface area contributed by atoms with E-state index in [2.05, 4.69) is 5.32 Å². The number of halogens is 2. The maximum Gasteiger partial charge on any atom is 0.321 e. The van der Waals surface area contributed by atoms with Crippen molar-refractivity contribution in [1.82, 2.24) is 4.90 Å². The summed E-state index contributed by atoms with van der Waals surface area (Å²) in [5, 5.41) is 2.71. The highest BCUT2D eigenvalue weighted by atomic mass is 32.2. The molecule has 1 fully saturated rings. The van der Waals surface area contributed by atoms with E-state index in [1.807, 2.05) is 4.72 Å². The molecule has 9 heteroatoms. The molecule has 3 rings (SSSR count). The summed E-state index contributed by atoms with van der Waals surface area (Å²) in [5.74, 6) is -2.02. The van der Waals surface area contributed by atoms with Gasteiger partial charge in [-0.1, -0.05) is 6.07 Å². The first-order valence-corrected chi connectivity index (χ1v) is 9.98. The monoisotopic (exact) mass is 395 g/mol. The summed E-state index contributed by atoms with van der Waals surface area (Å²) in [6, 6.07) is 8.18. The third-order valence-corrected chi connectivity index (χ3v) is 5.62. The van der Waals surface area contributed by atoms with E-state index >= 15 is 0 Å². The lowest BCUT2D eigenvalue weighted by molar-refractivity contribution is 0.200. The Balaban J connectivity index is 1.71. The van der Waals surface area contributed by atoms with Crippen molar-refractivity contribution in [3.05, 3.63) is 54.1 Å². The zero-order chi connectivity index (χ0) is 19.4. The van der Waals surface area contributed by atoms with Crippen molar-refractivity contribution in [2.75, 3.05) is 23.1 Å². The van der Waals surface area contributed by atoms with Crippen LogP contribution in [0.1, 0.15) is 19.3 Å². The molecule has 0 atom stereocenters. The second-order valence-electron chi connectivity index (χ2n) is 6.20. The van der Waals surface area contributed by atoms with Crippen LogP contribution in [0.25, 0.3) is 0 Å². The molecular weight excluding hydrogens is 376 g/mol. The number of rotatable bonds is 4. The van der Waals surface area contributed by atoms with Gasteiger partial charge in [-0.3, -0.25) is 4.72 Å². The lowest BCUT2D eigenvalue weighted by Gasteiger charge is -2.26. The number of benzene rings is 2. The average molecular weight is 395 g/mol. The molecule has 2 aromatic rings. The topological polar surface area (TPSA) is 78.5 Å². The zero-order valence-electron chi connectivity index (χ0n) is 14.4. The van der Waals surface area contributed by atoms with Crippen molar-refractivity contribution in [2.24, 2.45) is 0 Å². The van der Waals surface area contributed by atoms with Crippen LogP contribution < -0.4 is 10.0 Å². The van der Waals surface area contributed by atoms with Gasteiger partial charge in [0.2, 0.25) is 0 Å². The molecule has 0 bridgehead atoms. The lowest BCUT2D eigenvalue weighted by Crippen LogP contribution is -2.38. The predicted molar refractivity (Wildman–Crippen MR) is 98.1 cm³/mol. The number of hydrogen-bond donors (Lipinski definition) is 2. The largest absolute Gasteiger partial charge is 0.325 e. The summed E-state index contributed by atoms with van der Waals surface area (Å²) in [7, 11) is -4.18. The third-order valence-electron chi connectivity index (χ3n) is 4.26. The van der Waals surface area contributed by atoms with Gasteiger partial charge >= 0.3 is 6.03 Å². The fourth-order valence-corrected chi connectivity index (χ4v) is 3.88. The Morgan fingerprint density at radius 3 is 2.11 bits per heavy atom. The smallest absolute Gasteiger partial charge is 0.321 e. The van der Waals surface area contributed by atoms with Gasteiger partial charge < -0.3 is 10.2 Å². The lowest BCUT2D eigenvalue weighted by atomic mass is 10.1. The summed E-state index contributed by atoms with van der Waals surface area (Å²) in [4.78, 5) is 13.7. The molecule has 6 nitrogen and oxygen atoms in total. The molecule has 0 aromatic heterocycles. The van der Waals surface area contributed by atoms with E-state index in [4.69, 9.17) is 0 Å². The van der Waals surface area contributed by atoms with Crippen molar-refractivity contribution in [2.45, 2.75) is 24.2 Å². The zero-order valence-corrected chi connectivity index (χ0v) is 15.2. The quantitative estimate of drug-likeness (QED) is 0.827. The third kappa shape index (κ3) is 4.54. The number of amides is 2. The summed E-state index contributed by atoms with van der Waals surface area (Å²) in [5.41, 5.74) is -0.304. The van der Waals surface area contributed by atoms with Crippen LogP contribution in [-0.2, 0) is 10.0 Å². The number of nitrogens with zero attached hydrogens (tertiary/aromatic N) is 1. The Morgan fingerprint density at radius 2 is 1.52 bits per heavy atom. The van der Waals surface area contributed by atoms with Crippen LogP contribution in [0.2, 0.25) is 0 Å². The molecule has 0 radical (unpaired) electrons. The van der Waals surface area contributed by atoms with Crippen molar-refractivity contribution in [3.8, 4) is 0 Å². The van der Waals surface area contributed by atoms with Crippen LogP contribution in [0.4, 0.5) is 25.0 Å². The van der Waals surface area contributed by atoms with Crippen molar-refractivity contribution in [1.29, 1.82) is 0 Å². The average Bonchev–Trinajstić information content (AvgIpc) is 2.66. The highest BCUT2D eigenvalue weighted by Crippen LogP contribution is 2.23. The van der Waals surface area contributed by atoms with Crippen LogP contribution >= 0.6 is 0 Å². The Morgan fingerprint density at radius 1 is 0.926 bits per heavy atom. The molecule has 1 aliphatic heterocycles. The summed E-state index contributed by atoms with van der Waals surface area (Å²) in [6.45, 7) is 1.38. The van der Waals surface area contributed by atoms with Crippen LogP contribution in [-0.4, -0.2) is 32.4 Å². The van der Waals surface area contributed by atoms with Crippen LogP contribution in [0.3, 0.4) is 0 Å². The number of likely N-dealkylation sites (tertiary alicyclic amines) is 1. The standard InChI is InChI=1S/C18H19F2N3O3S/c19-15-5-4-6-16(20)17(15)22-27(25,26)14-9-7-13(8-10-14)21-18(24)23-11-2-1-3-12-23/h4-10,22H,1-3,11-12H2,(H,21,24). The maximum absolute atomic E-state index is 13.7. The Hall–Kier alpha value is -2.68. The van der Waals surface area contributed by atoms with Crippen LogP contribution in [0.5, 0.6) is 0 Å². The highest BCUT2D eigenvalue weighted by Gasteiger charge is 2.20. The van der Waals surface area contributed by atoms with Gasteiger partial charge in [0.25, 0.3) is 10.0 Å². The molecule has 0 aliphatic carbocycles. The van der Waals surface area contributed by atoms with Gasteiger partial charge in [-0.25, -0.2) is 22.0 Å². The molecule has 144 valence electrons. The number of urea groups is 1. The van der Waals surface area contributed by atoms with E-state index in [0.717, 1.165) is 37.5 Å². The number of carbonyl (C=O) groups is 1. The summed E-state index contributed by atoms with van der Waals surface area (Å²) >= 11 is 0. The summed E-state index contributed by atoms with van der Waals surface area (Å²) < 4.78 is 53.9. The first-order valence-electron chi connectivity index (χ1n) is 8.50. The second kappa shape index (κ2) is 7.91. The van der Waals surface area contributed by atoms with E-state index in [-0.39, 0.29) is 10.9 Å². The molecular formula is C18H19F2N3O3S. The Labute approximate surface area is 156 Å². The molecule has 1 aliphatic rings. The molecule has 1 saturated heterocycles. The normalized spacial score (nSPS) is 14.7. The molecule has 27 heavy (non-hydrogen) atoms. The second-order valence-corrected chi connectivity index (χ2v) is 7.89. The number of carbonyl (C=O) groups excluding carboxylic acids is 1. The molecule has 0 saturated carbocycles. The van der Waals surface area contributed by atoms with Gasteiger partial charge in [0, 0.05) is 18.8 Å². The minimum absolute atomic E-state index is 0.180. The summed E-state index contributed by atoms with van der Waals surface area (Å²) in [6.07, 6.45) is 3.03. The van der Waals surface area contributed by atoms with Gasteiger partial charge in [-0.2, -0.15) is 0 Å². The number of anilines is 2. The molecule has 0 unspecified atom stereocenters. The minimum Gasteiger partial charge on any atom is -0.325 e. The molecule has 2 aromatic carbocycles. The maximum atomic E-state index is 13.7. The fraction of sp³-hybridized carbons (Fsp3) is 0.278. The van der Waals surface area contributed by atoms with Crippen LogP contribution in [0, 0.1) is 11.6 Å². The van der Waals surface area contributed by atoms with Gasteiger partial charge in [0.1, 0.15) is 17.3 Å². The number of piperidine rings is 1. The van der Waals surface area contributed by atoms with E-state index in [9.17, 15) is 22.0 Å². The first-order chi connectivity index (χ1) is 12.9. The fourth-order valence-electron chi connectivity index (χ4n) is 2.81. The number of nitrogens with one attached hydrogen (secondary N) is 2. The first kappa shape index (κ1) is 19.1. The minimum atomic E-state index is -4.18. The number of hydrogen-bond acceptors (Lipinski definition) is 3. The van der Waals surface area contributed by atoms with Crippen LogP contribution in [0.15, 0.2) is 47.4 Å². The SMILES string of the molecule is O=C(Nc1ccc(S(=O)(=O)Nc2c(F)cccc2F)cc1)N1CCCCC1. The highest BCUT2D eigenvalue weighted by molar-refractivity contribution is 7.92.